The number of rotatable bonds is 2. The lowest BCUT2D eigenvalue weighted by Crippen LogP contribution is -2.43. The van der Waals surface area contributed by atoms with E-state index in [-0.39, 0.29) is 29.6 Å². The van der Waals surface area contributed by atoms with E-state index < -0.39 is 5.82 Å². The van der Waals surface area contributed by atoms with Crippen LogP contribution in [0.15, 0.2) is 12.1 Å². The number of likely N-dealkylation sites (tertiary alicyclic amines) is 1. The summed E-state index contributed by atoms with van der Waals surface area (Å²) in [4.78, 5) is 22.6. The van der Waals surface area contributed by atoms with Crippen LogP contribution in [0.1, 0.15) is 38.4 Å². The molecule has 3 aromatic rings. The van der Waals surface area contributed by atoms with Crippen LogP contribution >= 0.6 is 0 Å². The van der Waals surface area contributed by atoms with Gasteiger partial charge in [0.15, 0.2) is 23.0 Å². The summed E-state index contributed by atoms with van der Waals surface area (Å²) in [6.45, 7) is 4.17. The Morgan fingerprint density at radius 2 is 2.11 bits per heavy atom. The van der Waals surface area contributed by atoms with E-state index in [1.807, 2.05) is 11.8 Å². The molecule has 0 saturated carbocycles. The van der Waals surface area contributed by atoms with Crippen LogP contribution in [-0.4, -0.2) is 50.1 Å². The largest absolute Gasteiger partial charge is 0.494 e. The van der Waals surface area contributed by atoms with Crippen molar-refractivity contribution >= 4 is 28.4 Å². The van der Waals surface area contributed by atoms with Crippen molar-refractivity contribution in [3.05, 3.63) is 23.8 Å². The van der Waals surface area contributed by atoms with Gasteiger partial charge in [0.2, 0.25) is 11.9 Å². The molecule has 142 valence electrons. The van der Waals surface area contributed by atoms with Crippen LogP contribution in [0.3, 0.4) is 0 Å². The monoisotopic (exact) mass is 372 g/mol. The number of anilines is 1. The number of hydrogen-bond donors (Lipinski definition) is 1. The van der Waals surface area contributed by atoms with Gasteiger partial charge in [-0.1, -0.05) is 0 Å². The van der Waals surface area contributed by atoms with Gasteiger partial charge in [-0.25, -0.2) is 14.4 Å². The minimum Gasteiger partial charge on any atom is -0.494 e. The van der Waals surface area contributed by atoms with Gasteiger partial charge in [-0.3, -0.25) is 4.79 Å². The topological polar surface area (TPSA) is 98.6 Å². The Morgan fingerprint density at radius 3 is 2.81 bits per heavy atom. The molecule has 1 fully saturated rings. The minimum atomic E-state index is -0.503. The van der Waals surface area contributed by atoms with Crippen molar-refractivity contribution in [2.24, 2.45) is 0 Å². The van der Waals surface area contributed by atoms with Gasteiger partial charge >= 0.3 is 0 Å². The van der Waals surface area contributed by atoms with Crippen LogP contribution in [-0.2, 0) is 4.79 Å². The Morgan fingerprint density at radius 1 is 1.33 bits per heavy atom. The predicted molar refractivity (Wildman–Crippen MR) is 98.0 cm³/mol. The third-order valence-electron chi connectivity index (χ3n) is 5.24. The highest BCUT2D eigenvalue weighted by Gasteiger charge is 2.30. The lowest BCUT2D eigenvalue weighted by molar-refractivity contribution is -0.132. The minimum absolute atomic E-state index is 0.00236. The highest BCUT2D eigenvalue weighted by atomic mass is 19.1. The van der Waals surface area contributed by atoms with E-state index in [9.17, 15) is 9.18 Å². The molecule has 8 nitrogen and oxygen atoms in total. The number of nitrogen functional groups attached to an aromatic ring is 1. The van der Waals surface area contributed by atoms with E-state index in [4.69, 9.17) is 10.5 Å². The third-order valence-corrected chi connectivity index (χ3v) is 5.24. The van der Waals surface area contributed by atoms with Crippen molar-refractivity contribution < 1.29 is 13.9 Å². The van der Waals surface area contributed by atoms with E-state index in [1.165, 1.54) is 23.8 Å². The van der Waals surface area contributed by atoms with Gasteiger partial charge in [-0.05, 0) is 25.8 Å². The molecule has 1 saturated heterocycles. The summed E-state index contributed by atoms with van der Waals surface area (Å²) in [6.07, 6.45) is 1.75. The van der Waals surface area contributed by atoms with E-state index in [2.05, 4.69) is 15.1 Å². The fourth-order valence-corrected chi connectivity index (χ4v) is 3.73. The molecule has 2 atom stereocenters. The quantitative estimate of drug-likeness (QED) is 0.740. The van der Waals surface area contributed by atoms with Gasteiger partial charge in [0.05, 0.1) is 12.6 Å². The average molecular weight is 372 g/mol. The predicted octanol–water partition coefficient (Wildman–Crippen LogP) is 2.12. The first-order valence-corrected chi connectivity index (χ1v) is 8.85. The number of halogens is 1. The first kappa shape index (κ1) is 17.4. The number of nitrogens with two attached hydrogens (primary N) is 1. The second-order valence-corrected chi connectivity index (χ2v) is 6.97. The van der Waals surface area contributed by atoms with Crippen molar-refractivity contribution in [3.63, 3.8) is 0 Å². The number of piperidine rings is 1. The molecule has 3 heterocycles. The number of carbonyl (C=O) groups excluding carboxylic acids is 1. The summed E-state index contributed by atoms with van der Waals surface area (Å²) in [5, 5.41) is 5.01. The smallest absolute Gasteiger partial charge is 0.223 e. The lowest BCUT2D eigenvalue weighted by atomic mass is 9.93. The normalized spacial score (nSPS) is 20.4. The van der Waals surface area contributed by atoms with Crippen molar-refractivity contribution in [3.8, 4) is 5.75 Å². The van der Waals surface area contributed by atoms with Crippen LogP contribution < -0.4 is 10.5 Å². The number of aromatic nitrogens is 4. The van der Waals surface area contributed by atoms with Gasteiger partial charge in [0.1, 0.15) is 0 Å². The van der Waals surface area contributed by atoms with Crippen molar-refractivity contribution in [1.82, 2.24) is 24.5 Å². The summed E-state index contributed by atoms with van der Waals surface area (Å²) in [7, 11) is 1.39. The maximum atomic E-state index is 14.2. The zero-order valence-electron chi connectivity index (χ0n) is 15.4. The molecule has 1 aliphatic rings. The fraction of sp³-hybridized carbons (Fsp3) is 0.444. The van der Waals surface area contributed by atoms with Crippen molar-refractivity contribution in [1.29, 1.82) is 0 Å². The van der Waals surface area contributed by atoms with E-state index in [0.717, 1.165) is 12.8 Å². The number of nitrogens with zero attached hydrogens (tertiary/aromatic N) is 5. The van der Waals surface area contributed by atoms with Gasteiger partial charge in [-0.2, -0.15) is 4.52 Å². The molecule has 1 aromatic carbocycles. The average Bonchev–Trinajstić information content (AvgIpc) is 3.08. The maximum Gasteiger partial charge on any atom is 0.223 e. The number of hydrogen-bond acceptors (Lipinski definition) is 6. The Labute approximate surface area is 155 Å². The van der Waals surface area contributed by atoms with E-state index in [1.54, 1.807) is 6.92 Å². The van der Waals surface area contributed by atoms with Gasteiger partial charge in [0.25, 0.3) is 0 Å². The third kappa shape index (κ3) is 2.83. The maximum absolute atomic E-state index is 14.2. The number of fused-ring (bicyclic) bond motifs is 3. The molecule has 4 rings (SSSR count). The van der Waals surface area contributed by atoms with Gasteiger partial charge in [-0.15, -0.1) is 5.10 Å². The molecule has 0 unspecified atom stereocenters. The van der Waals surface area contributed by atoms with Gasteiger partial charge < -0.3 is 15.4 Å². The Hall–Kier alpha value is -2.97. The zero-order chi connectivity index (χ0) is 19.3. The Balaban J connectivity index is 1.82. The number of methoxy groups -OCH3 is 1. The molecular weight excluding hydrogens is 351 g/mol. The number of carbonyl (C=O) groups is 1. The van der Waals surface area contributed by atoms with Crippen LogP contribution in [0.4, 0.5) is 10.3 Å². The molecule has 1 amide bonds. The molecule has 2 aromatic heterocycles. The summed E-state index contributed by atoms with van der Waals surface area (Å²) in [5.41, 5.74) is 6.97. The summed E-state index contributed by atoms with van der Waals surface area (Å²) in [6, 6.07) is 3.03. The van der Waals surface area contributed by atoms with Crippen LogP contribution in [0, 0.1) is 5.82 Å². The molecule has 0 radical (unpaired) electrons. The number of ether oxygens (including phenoxy) is 1. The molecule has 1 aliphatic heterocycles. The van der Waals surface area contributed by atoms with Crippen LogP contribution in [0.25, 0.3) is 16.6 Å². The summed E-state index contributed by atoms with van der Waals surface area (Å²) >= 11 is 0. The molecular formula is C18H21FN6O2. The standard InChI is InChI=1S/C18H21FN6O2/c1-9-4-5-11(8-24(9)10(2)26)16-22-17-12-6-13(19)15(27-3)7-14(12)21-18(20)25(17)23-16/h6-7,9,11H,4-5,8H2,1-3H3,(H2,20,21)/t9-,11+/m0/s1. The van der Waals surface area contributed by atoms with Crippen LogP contribution in [0.5, 0.6) is 5.75 Å². The fourth-order valence-electron chi connectivity index (χ4n) is 3.73. The van der Waals surface area contributed by atoms with Crippen molar-refractivity contribution in [2.45, 2.75) is 38.6 Å². The first-order chi connectivity index (χ1) is 12.9. The SMILES string of the molecule is COc1cc2nc(N)n3nc([C@@H]4CC[C@H](C)N(C(C)=O)C4)nc3c2cc1F. The second-order valence-electron chi connectivity index (χ2n) is 6.97. The Kier molecular flexibility index (Phi) is 4.09. The summed E-state index contributed by atoms with van der Waals surface area (Å²) in [5.74, 6) is 0.385. The molecule has 2 N–H and O–H groups in total. The molecule has 9 heteroatoms. The highest BCUT2D eigenvalue weighted by Crippen LogP contribution is 2.31. The second kappa shape index (κ2) is 6.33. The zero-order valence-corrected chi connectivity index (χ0v) is 15.4. The molecule has 0 spiro atoms. The van der Waals surface area contributed by atoms with E-state index >= 15 is 0 Å². The molecule has 0 aliphatic carbocycles. The highest BCUT2D eigenvalue weighted by molar-refractivity contribution is 5.93. The Bertz CT molecular complexity index is 1050. The lowest BCUT2D eigenvalue weighted by Gasteiger charge is -2.36. The number of benzene rings is 1. The van der Waals surface area contributed by atoms with Gasteiger partial charge in [0, 0.05) is 36.9 Å². The van der Waals surface area contributed by atoms with Crippen LogP contribution in [0.2, 0.25) is 0 Å². The first-order valence-electron chi connectivity index (χ1n) is 8.85. The van der Waals surface area contributed by atoms with Crippen molar-refractivity contribution in [2.75, 3.05) is 19.4 Å². The summed E-state index contributed by atoms with van der Waals surface area (Å²) < 4.78 is 20.7. The van der Waals surface area contributed by atoms with E-state index in [0.29, 0.717) is 28.9 Å². The molecule has 27 heavy (non-hydrogen) atoms. The number of amides is 1. The molecule has 0 bridgehead atoms.